The van der Waals surface area contributed by atoms with Crippen molar-refractivity contribution in [1.29, 1.82) is 0 Å². The Labute approximate surface area is 182 Å². The third kappa shape index (κ3) is 5.07. The van der Waals surface area contributed by atoms with Crippen LogP contribution in [-0.4, -0.2) is 72.2 Å². The second-order valence-corrected chi connectivity index (χ2v) is 7.89. The van der Waals surface area contributed by atoms with E-state index in [1.807, 2.05) is 9.80 Å². The fourth-order valence-corrected chi connectivity index (χ4v) is 4.04. The van der Waals surface area contributed by atoms with E-state index in [1.165, 1.54) is 6.26 Å². The maximum atomic E-state index is 12.4. The van der Waals surface area contributed by atoms with E-state index in [1.54, 1.807) is 19.2 Å². The molecule has 2 fully saturated rings. The van der Waals surface area contributed by atoms with Gasteiger partial charge in [0.15, 0.2) is 11.7 Å². The van der Waals surface area contributed by atoms with Gasteiger partial charge in [0.2, 0.25) is 5.91 Å². The van der Waals surface area contributed by atoms with E-state index in [-0.39, 0.29) is 11.8 Å². The second kappa shape index (κ2) is 9.68. The molecule has 0 spiro atoms. The number of guanidine groups is 1. The number of piperazine rings is 1. The summed E-state index contributed by atoms with van der Waals surface area (Å²) in [4.78, 5) is 34.5. The maximum absolute atomic E-state index is 12.4. The van der Waals surface area contributed by atoms with E-state index in [0.717, 1.165) is 43.1 Å². The molecule has 2 aromatic rings. The number of furan rings is 1. The van der Waals surface area contributed by atoms with Gasteiger partial charge in [-0.1, -0.05) is 24.3 Å². The Kier molecular flexibility index (Phi) is 6.54. The van der Waals surface area contributed by atoms with Gasteiger partial charge in [0.1, 0.15) is 0 Å². The number of nitrogens with zero attached hydrogens (tertiary/aromatic N) is 4. The van der Waals surface area contributed by atoms with Crippen molar-refractivity contribution >= 4 is 17.8 Å². The minimum atomic E-state index is -0.0664. The summed E-state index contributed by atoms with van der Waals surface area (Å²) in [6.45, 7) is 4.91. The molecule has 2 aliphatic rings. The first kappa shape index (κ1) is 21.0. The summed E-state index contributed by atoms with van der Waals surface area (Å²) in [6, 6.07) is 11.8. The molecule has 0 atom stereocenters. The molecule has 0 saturated carbocycles. The van der Waals surface area contributed by atoms with Gasteiger partial charge in [0, 0.05) is 59.3 Å². The predicted molar refractivity (Wildman–Crippen MR) is 117 cm³/mol. The number of hydrogen-bond acceptors (Lipinski definition) is 4. The summed E-state index contributed by atoms with van der Waals surface area (Å²) in [5.74, 6) is 1.40. The van der Waals surface area contributed by atoms with Crippen molar-refractivity contribution in [2.45, 2.75) is 25.9 Å². The van der Waals surface area contributed by atoms with Crippen molar-refractivity contribution in [3.8, 4) is 0 Å². The quantitative estimate of drug-likeness (QED) is 0.587. The predicted octanol–water partition coefficient (Wildman–Crippen LogP) is 1.94. The van der Waals surface area contributed by atoms with Crippen molar-refractivity contribution in [2.24, 2.45) is 4.99 Å². The van der Waals surface area contributed by atoms with E-state index < -0.39 is 0 Å². The number of amides is 2. The summed E-state index contributed by atoms with van der Waals surface area (Å²) < 4.78 is 5.22. The molecule has 1 aromatic carbocycles. The van der Waals surface area contributed by atoms with Gasteiger partial charge in [0.05, 0.1) is 6.26 Å². The molecule has 0 radical (unpaired) electrons. The van der Waals surface area contributed by atoms with Crippen LogP contribution in [0.3, 0.4) is 0 Å². The van der Waals surface area contributed by atoms with E-state index in [0.29, 0.717) is 38.4 Å². The fraction of sp³-hybridized carbons (Fsp3) is 0.435. The Morgan fingerprint density at radius 2 is 1.74 bits per heavy atom. The van der Waals surface area contributed by atoms with Crippen LogP contribution in [0.4, 0.5) is 0 Å². The van der Waals surface area contributed by atoms with Crippen LogP contribution in [0.15, 0.2) is 52.1 Å². The molecule has 1 N–H and O–H groups in total. The summed E-state index contributed by atoms with van der Waals surface area (Å²) in [5.41, 5.74) is 2.31. The number of hydrogen-bond donors (Lipinski definition) is 1. The molecule has 2 amide bonds. The molecular weight excluding hydrogens is 394 g/mol. The van der Waals surface area contributed by atoms with Crippen molar-refractivity contribution in [2.75, 3.05) is 39.8 Å². The molecule has 4 rings (SSSR count). The van der Waals surface area contributed by atoms with Crippen molar-refractivity contribution in [3.63, 3.8) is 0 Å². The molecule has 1 aromatic heterocycles. The minimum Gasteiger partial charge on any atom is -0.459 e. The lowest BCUT2D eigenvalue weighted by atomic mass is 10.1. The van der Waals surface area contributed by atoms with Crippen molar-refractivity contribution in [3.05, 3.63) is 59.5 Å². The highest BCUT2D eigenvalue weighted by atomic mass is 16.3. The summed E-state index contributed by atoms with van der Waals surface area (Å²) in [5, 5.41) is 3.42. The zero-order valence-corrected chi connectivity index (χ0v) is 17.9. The summed E-state index contributed by atoms with van der Waals surface area (Å²) in [7, 11) is 1.78. The molecule has 0 unspecified atom stereocenters. The number of nitrogens with one attached hydrogen (secondary N) is 1. The van der Waals surface area contributed by atoms with Crippen molar-refractivity contribution < 1.29 is 14.0 Å². The zero-order valence-electron chi connectivity index (χ0n) is 17.9. The highest BCUT2D eigenvalue weighted by molar-refractivity contribution is 5.91. The monoisotopic (exact) mass is 423 g/mol. The first-order valence-corrected chi connectivity index (χ1v) is 10.8. The number of benzene rings is 1. The fourth-order valence-electron chi connectivity index (χ4n) is 4.04. The van der Waals surface area contributed by atoms with Gasteiger partial charge in [-0.2, -0.15) is 0 Å². The molecule has 0 aliphatic carbocycles. The van der Waals surface area contributed by atoms with Gasteiger partial charge >= 0.3 is 0 Å². The largest absolute Gasteiger partial charge is 0.459 e. The van der Waals surface area contributed by atoms with Gasteiger partial charge in [-0.15, -0.1) is 0 Å². The molecule has 2 saturated heterocycles. The Balaban J connectivity index is 1.25. The average Bonchev–Trinajstić information content (AvgIpc) is 3.48. The molecule has 31 heavy (non-hydrogen) atoms. The Morgan fingerprint density at radius 3 is 2.35 bits per heavy atom. The first-order valence-electron chi connectivity index (χ1n) is 10.8. The standard InChI is InChI=1S/C23H29N5O3/c1-24-23(27-13-11-26(12-14-27)22(30)20-4-3-15-31-20)25-16-18-6-8-19(9-7-18)17-28-10-2-5-21(28)29/h3-4,6-9,15H,2,5,10-14,16-17H2,1H3,(H,24,25). The molecular formula is C23H29N5O3. The number of likely N-dealkylation sites (tertiary alicyclic amines) is 1. The van der Waals surface area contributed by atoms with E-state index in [4.69, 9.17) is 4.42 Å². The number of rotatable bonds is 5. The number of carbonyl (C=O) groups excluding carboxylic acids is 2. The normalized spacial score (nSPS) is 17.4. The van der Waals surface area contributed by atoms with Crippen LogP contribution >= 0.6 is 0 Å². The third-order valence-electron chi connectivity index (χ3n) is 5.83. The third-order valence-corrected chi connectivity index (χ3v) is 5.83. The lowest BCUT2D eigenvalue weighted by Crippen LogP contribution is -2.53. The Hall–Kier alpha value is -3.29. The number of carbonyl (C=O) groups is 2. The molecule has 0 bridgehead atoms. The highest BCUT2D eigenvalue weighted by Gasteiger charge is 2.25. The molecule has 2 aliphatic heterocycles. The smallest absolute Gasteiger partial charge is 0.289 e. The second-order valence-electron chi connectivity index (χ2n) is 7.89. The van der Waals surface area contributed by atoms with Gasteiger partial charge < -0.3 is 24.4 Å². The topological polar surface area (TPSA) is 81.4 Å². The Bertz CT molecular complexity index is 915. The van der Waals surface area contributed by atoms with Crippen LogP contribution in [0, 0.1) is 0 Å². The average molecular weight is 424 g/mol. The first-order chi connectivity index (χ1) is 15.1. The van der Waals surface area contributed by atoms with Crippen LogP contribution in [0.5, 0.6) is 0 Å². The van der Waals surface area contributed by atoms with Crippen LogP contribution in [0.2, 0.25) is 0 Å². The van der Waals surface area contributed by atoms with E-state index >= 15 is 0 Å². The van der Waals surface area contributed by atoms with Crippen LogP contribution < -0.4 is 5.32 Å². The van der Waals surface area contributed by atoms with E-state index in [9.17, 15) is 9.59 Å². The summed E-state index contributed by atoms with van der Waals surface area (Å²) >= 11 is 0. The van der Waals surface area contributed by atoms with Crippen molar-refractivity contribution in [1.82, 2.24) is 20.0 Å². The Morgan fingerprint density at radius 1 is 1.03 bits per heavy atom. The zero-order chi connectivity index (χ0) is 21.6. The van der Waals surface area contributed by atoms with Gasteiger partial charge in [-0.25, -0.2) is 0 Å². The minimum absolute atomic E-state index is 0.0664. The lowest BCUT2D eigenvalue weighted by molar-refractivity contribution is -0.128. The van der Waals surface area contributed by atoms with Crippen LogP contribution in [-0.2, 0) is 17.9 Å². The SMILES string of the molecule is CN=C(NCc1ccc(CN2CCCC2=O)cc1)N1CCN(C(=O)c2ccco2)CC1. The lowest BCUT2D eigenvalue weighted by Gasteiger charge is -2.36. The molecule has 164 valence electrons. The summed E-state index contributed by atoms with van der Waals surface area (Å²) in [6.07, 6.45) is 3.16. The van der Waals surface area contributed by atoms with Gasteiger partial charge in [-0.3, -0.25) is 14.6 Å². The van der Waals surface area contributed by atoms with Crippen LogP contribution in [0.25, 0.3) is 0 Å². The van der Waals surface area contributed by atoms with Gasteiger partial charge in [-0.05, 0) is 29.7 Å². The highest BCUT2D eigenvalue weighted by Crippen LogP contribution is 2.15. The molecule has 8 heteroatoms. The molecule has 3 heterocycles. The van der Waals surface area contributed by atoms with Gasteiger partial charge in [0.25, 0.3) is 5.91 Å². The number of aliphatic imine (C=N–C) groups is 1. The van der Waals surface area contributed by atoms with E-state index in [2.05, 4.69) is 39.5 Å². The molecule has 8 nitrogen and oxygen atoms in total. The maximum Gasteiger partial charge on any atom is 0.289 e. The van der Waals surface area contributed by atoms with Crippen LogP contribution in [0.1, 0.15) is 34.5 Å².